The number of ether oxygens (including phenoxy) is 1. The summed E-state index contributed by atoms with van der Waals surface area (Å²) in [6, 6.07) is 1.34. The molecule has 1 aromatic rings. The molecule has 8 nitrogen and oxygen atoms in total. The van der Waals surface area contributed by atoms with Crippen molar-refractivity contribution in [1.29, 1.82) is 0 Å². The second kappa shape index (κ2) is 5.54. The Kier molecular flexibility index (Phi) is 4.09. The molecule has 17 heavy (non-hydrogen) atoms. The predicted molar refractivity (Wildman–Crippen MR) is 56.7 cm³/mol. The second-order valence-corrected chi connectivity index (χ2v) is 2.89. The predicted octanol–water partition coefficient (Wildman–Crippen LogP) is -0.214. The summed E-state index contributed by atoms with van der Waals surface area (Å²) in [5, 5.41) is 13.8. The summed E-state index contributed by atoms with van der Waals surface area (Å²) in [7, 11) is 1.14. The molecule has 8 heteroatoms. The van der Waals surface area contributed by atoms with Gasteiger partial charge in [-0.05, 0) is 6.07 Å². The molecule has 0 spiro atoms. The van der Waals surface area contributed by atoms with Crippen LogP contribution in [0.2, 0.25) is 0 Å². The maximum absolute atomic E-state index is 11.2. The molecular weight excluding hydrogens is 228 g/mol. The molecule has 0 aliphatic rings. The number of carbonyl (C=O) groups is 2. The van der Waals surface area contributed by atoms with Gasteiger partial charge in [-0.2, -0.15) is 0 Å². The van der Waals surface area contributed by atoms with E-state index in [9.17, 15) is 9.59 Å². The van der Waals surface area contributed by atoms with Gasteiger partial charge in [-0.3, -0.25) is 10.1 Å². The lowest BCUT2D eigenvalue weighted by Crippen LogP contribution is -2.20. The lowest BCUT2D eigenvalue weighted by molar-refractivity contribution is -0.132. The van der Waals surface area contributed by atoms with Gasteiger partial charge in [0.05, 0.1) is 7.11 Å². The van der Waals surface area contributed by atoms with Crippen LogP contribution in [-0.2, 0) is 14.3 Å². The molecule has 0 fully saturated rings. The highest BCUT2D eigenvalue weighted by Gasteiger charge is 2.17. The van der Waals surface area contributed by atoms with Gasteiger partial charge in [0.25, 0.3) is 0 Å². The third kappa shape index (κ3) is 3.23. The molecule has 0 atom stereocenters. The summed E-state index contributed by atoms with van der Waals surface area (Å²) in [5.41, 5.74) is -0.334. The highest BCUT2D eigenvalue weighted by atomic mass is 16.5. The molecule has 2 N–H and O–H groups in total. The molecule has 1 heterocycles. The van der Waals surface area contributed by atoms with Crippen LogP contribution in [0, 0.1) is 0 Å². The van der Waals surface area contributed by atoms with Gasteiger partial charge in [0.15, 0.2) is 0 Å². The Balaban J connectivity index is 3.05. The number of anilines is 1. The number of aromatic nitrogens is 2. The van der Waals surface area contributed by atoms with Crippen molar-refractivity contribution in [3.05, 3.63) is 18.0 Å². The number of esters is 1. The Hall–Kier alpha value is -2.51. The number of methoxy groups -OCH3 is 1. The normalized spacial score (nSPS) is 10.8. The van der Waals surface area contributed by atoms with E-state index < -0.39 is 5.97 Å². The largest absolute Gasteiger partial charge is 0.464 e. The Labute approximate surface area is 96.3 Å². The minimum atomic E-state index is -0.847. The standard InChI is InChI=1S/C9H10N4O4/c1-5(14)11-9-10-4-3-6(12-9)7(13-16)8(15)17-2/h3-4,16H,1-2H3,(H,10,11,12,14)/b13-7+. The van der Waals surface area contributed by atoms with E-state index in [1.54, 1.807) is 0 Å². The summed E-state index contributed by atoms with van der Waals surface area (Å²) < 4.78 is 4.40. The molecule has 0 bridgehead atoms. The third-order valence-corrected chi connectivity index (χ3v) is 1.66. The van der Waals surface area contributed by atoms with Crippen LogP contribution in [0.3, 0.4) is 0 Å². The zero-order valence-electron chi connectivity index (χ0n) is 9.17. The number of carbonyl (C=O) groups excluding carboxylic acids is 2. The van der Waals surface area contributed by atoms with Crippen LogP contribution in [0.15, 0.2) is 17.4 Å². The van der Waals surface area contributed by atoms with Gasteiger partial charge >= 0.3 is 5.97 Å². The van der Waals surface area contributed by atoms with Crippen molar-refractivity contribution in [2.45, 2.75) is 6.92 Å². The second-order valence-electron chi connectivity index (χ2n) is 2.89. The monoisotopic (exact) mass is 238 g/mol. The zero-order chi connectivity index (χ0) is 12.8. The highest BCUT2D eigenvalue weighted by molar-refractivity contribution is 6.42. The van der Waals surface area contributed by atoms with Crippen molar-refractivity contribution in [1.82, 2.24) is 9.97 Å². The maximum Gasteiger partial charge on any atom is 0.362 e. The Morgan fingerprint density at radius 3 is 2.76 bits per heavy atom. The van der Waals surface area contributed by atoms with Gasteiger partial charge < -0.3 is 9.94 Å². The Morgan fingerprint density at radius 2 is 2.24 bits per heavy atom. The molecule has 0 aliphatic carbocycles. The minimum absolute atomic E-state index is 0.0000491. The number of hydrogen-bond acceptors (Lipinski definition) is 7. The van der Waals surface area contributed by atoms with Crippen molar-refractivity contribution in [2.24, 2.45) is 5.16 Å². The summed E-state index contributed by atoms with van der Waals surface area (Å²) in [5.74, 6) is -1.21. The summed E-state index contributed by atoms with van der Waals surface area (Å²) in [6.45, 7) is 1.29. The minimum Gasteiger partial charge on any atom is -0.464 e. The molecule has 0 saturated carbocycles. The number of rotatable bonds is 3. The van der Waals surface area contributed by atoms with Gasteiger partial charge in [0.1, 0.15) is 5.69 Å². The van der Waals surface area contributed by atoms with Crippen LogP contribution >= 0.6 is 0 Å². The summed E-state index contributed by atoms with van der Waals surface area (Å²) >= 11 is 0. The number of amides is 1. The average Bonchev–Trinajstić information content (AvgIpc) is 2.29. The maximum atomic E-state index is 11.2. The van der Waals surface area contributed by atoms with Gasteiger partial charge in [-0.1, -0.05) is 5.16 Å². The van der Waals surface area contributed by atoms with E-state index in [0.717, 1.165) is 7.11 Å². The number of oxime groups is 1. The van der Waals surface area contributed by atoms with E-state index in [1.165, 1.54) is 19.2 Å². The van der Waals surface area contributed by atoms with E-state index in [-0.39, 0.29) is 23.3 Å². The average molecular weight is 238 g/mol. The molecule has 0 aliphatic heterocycles. The fourth-order valence-electron chi connectivity index (χ4n) is 1.00. The van der Waals surface area contributed by atoms with Crippen LogP contribution in [0.4, 0.5) is 5.95 Å². The molecule has 1 aromatic heterocycles. The van der Waals surface area contributed by atoms with Gasteiger partial charge in [-0.15, -0.1) is 0 Å². The quantitative estimate of drug-likeness (QED) is 0.326. The first-order valence-corrected chi connectivity index (χ1v) is 4.50. The molecule has 1 rings (SSSR count). The van der Waals surface area contributed by atoms with Gasteiger partial charge in [0, 0.05) is 13.1 Å². The Morgan fingerprint density at radius 1 is 1.53 bits per heavy atom. The first-order valence-electron chi connectivity index (χ1n) is 4.50. The van der Waals surface area contributed by atoms with Crippen molar-refractivity contribution >= 4 is 23.5 Å². The first kappa shape index (κ1) is 12.6. The molecule has 0 unspecified atom stereocenters. The summed E-state index contributed by atoms with van der Waals surface area (Å²) in [4.78, 5) is 29.6. The van der Waals surface area contributed by atoms with Crippen LogP contribution < -0.4 is 5.32 Å². The van der Waals surface area contributed by atoms with Crippen molar-refractivity contribution in [3.8, 4) is 0 Å². The SMILES string of the molecule is COC(=O)/C(=N/O)c1ccnc(NC(C)=O)n1. The third-order valence-electron chi connectivity index (χ3n) is 1.66. The molecule has 90 valence electrons. The van der Waals surface area contributed by atoms with E-state index >= 15 is 0 Å². The van der Waals surface area contributed by atoms with Gasteiger partial charge in [-0.25, -0.2) is 14.8 Å². The zero-order valence-corrected chi connectivity index (χ0v) is 9.17. The number of hydrogen-bond donors (Lipinski definition) is 2. The molecule has 1 amide bonds. The van der Waals surface area contributed by atoms with E-state index in [0.29, 0.717) is 0 Å². The van der Waals surface area contributed by atoms with E-state index in [4.69, 9.17) is 5.21 Å². The fourth-order valence-corrected chi connectivity index (χ4v) is 1.00. The smallest absolute Gasteiger partial charge is 0.362 e. The lowest BCUT2D eigenvalue weighted by atomic mass is 10.2. The molecule has 0 aromatic carbocycles. The van der Waals surface area contributed by atoms with Crippen LogP contribution in [0.1, 0.15) is 12.6 Å². The van der Waals surface area contributed by atoms with Crippen LogP contribution in [0.25, 0.3) is 0 Å². The van der Waals surface area contributed by atoms with E-state index in [1.807, 2.05) is 0 Å². The number of nitrogens with zero attached hydrogens (tertiary/aromatic N) is 3. The van der Waals surface area contributed by atoms with Crippen molar-refractivity contribution in [2.75, 3.05) is 12.4 Å². The number of nitrogens with one attached hydrogen (secondary N) is 1. The molecular formula is C9H10N4O4. The van der Waals surface area contributed by atoms with Crippen molar-refractivity contribution < 1.29 is 19.5 Å². The van der Waals surface area contributed by atoms with Gasteiger partial charge in [0.2, 0.25) is 17.6 Å². The topological polar surface area (TPSA) is 114 Å². The van der Waals surface area contributed by atoms with Crippen molar-refractivity contribution in [3.63, 3.8) is 0 Å². The Bertz CT molecular complexity index is 472. The molecule has 0 saturated heterocycles. The van der Waals surface area contributed by atoms with E-state index in [2.05, 4.69) is 25.2 Å². The summed E-state index contributed by atoms with van der Waals surface area (Å²) in [6.07, 6.45) is 1.31. The van der Waals surface area contributed by atoms with Crippen LogP contribution in [-0.4, -0.2) is 39.9 Å². The van der Waals surface area contributed by atoms with Crippen LogP contribution in [0.5, 0.6) is 0 Å². The highest BCUT2D eigenvalue weighted by Crippen LogP contribution is 2.03. The lowest BCUT2D eigenvalue weighted by Gasteiger charge is -2.03. The first-order chi connectivity index (χ1) is 8.08. The fraction of sp³-hybridized carbons (Fsp3) is 0.222. The molecule has 0 radical (unpaired) electrons.